The fraction of sp³-hybridized carbons (Fsp3) is 0.846. The average Bonchev–Trinajstić information content (AvgIpc) is 2.36. The van der Waals surface area contributed by atoms with Crippen LogP contribution in [0.1, 0.15) is 39.5 Å². The first-order valence-corrected chi connectivity index (χ1v) is 6.47. The predicted octanol–water partition coefficient (Wildman–Crippen LogP) is 1.86. The molecule has 96 valence electrons. The molecule has 1 rings (SSSR count). The lowest BCUT2D eigenvalue weighted by Crippen LogP contribution is -2.38. The summed E-state index contributed by atoms with van der Waals surface area (Å²) >= 11 is 0. The van der Waals surface area contributed by atoms with E-state index in [1.165, 1.54) is 0 Å². The van der Waals surface area contributed by atoms with E-state index in [-0.39, 0.29) is 17.8 Å². The summed E-state index contributed by atoms with van der Waals surface area (Å²) in [6.07, 6.45) is 3.93. The Labute approximate surface area is 103 Å². The Kier molecular flexibility index (Phi) is 5.99. The average molecular weight is 238 g/mol. The van der Waals surface area contributed by atoms with Gasteiger partial charge in [-0.25, -0.2) is 0 Å². The van der Waals surface area contributed by atoms with E-state index >= 15 is 0 Å². The van der Waals surface area contributed by atoms with Crippen molar-refractivity contribution in [1.82, 2.24) is 5.32 Å². The number of hydrogen-bond donors (Lipinski definition) is 1. The summed E-state index contributed by atoms with van der Waals surface area (Å²) < 4.78 is 5.06. The molecule has 1 aliphatic rings. The number of nitriles is 1. The molecule has 0 radical (unpaired) electrons. The summed E-state index contributed by atoms with van der Waals surface area (Å²) in [6, 6.07) is 2.56. The molecule has 0 amide bonds. The molecule has 3 atom stereocenters. The molecule has 1 aliphatic carbocycles. The monoisotopic (exact) mass is 238 g/mol. The molecule has 0 aromatic rings. The van der Waals surface area contributed by atoms with Crippen LogP contribution in [-0.2, 0) is 9.53 Å². The van der Waals surface area contributed by atoms with Gasteiger partial charge in [-0.15, -0.1) is 0 Å². The van der Waals surface area contributed by atoms with Crippen LogP contribution >= 0.6 is 0 Å². The fourth-order valence-electron chi connectivity index (χ4n) is 2.24. The van der Waals surface area contributed by atoms with Gasteiger partial charge in [0.15, 0.2) is 0 Å². The second kappa shape index (κ2) is 7.29. The lowest BCUT2D eigenvalue weighted by molar-refractivity contribution is -0.149. The van der Waals surface area contributed by atoms with Gasteiger partial charge in [0.1, 0.15) is 0 Å². The second-order valence-electron chi connectivity index (χ2n) is 4.75. The van der Waals surface area contributed by atoms with Gasteiger partial charge >= 0.3 is 5.97 Å². The van der Waals surface area contributed by atoms with Crippen molar-refractivity contribution in [3.8, 4) is 6.07 Å². The van der Waals surface area contributed by atoms with Crippen molar-refractivity contribution in [3.05, 3.63) is 0 Å². The highest BCUT2D eigenvalue weighted by molar-refractivity contribution is 5.72. The smallest absolute Gasteiger partial charge is 0.308 e. The van der Waals surface area contributed by atoms with Gasteiger partial charge in [0.05, 0.1) is 24.5 Å². The Morgan fingerprint density at radius 1 is 1.59 bits per heavy atom. The summed E-state index contributed by atoms with van der Waals surface area (Å²) in [5, 5.41) is 12.1. The topological polar surface area (TPSA) is 62.1 Å². The molecule has 3 unspecified atom stereocenters. The minimum atomic E-state index is -0.0627. The Bertz CT molecular complexity index is 286. The third kappa shape index (κ3) is 4.74. The van der Waals surface area contributed by atoms with Crippen LogP contribution in [0.3, 0.4) is 0 Å². The van der Waals surface area contributed by atoms with Crippen molar-refractivity contribution in [2.24, 2.45) is 11.8 Å². The van der Waals surface area contributed by atoms with Gasteiger partial charge in [0.2, 0.25) is 0 Å². The van der Waals surface area contributed by atoms with Crippen LogP contribution in [0.4, 0.5) is 0 Å². The quantitative estimate of drug-likeness (QED) is 0.743. The number of hydrogen-bond acceptors (Lipinski definition) is 4. The third-order valence-electron chi connectivity index (χ3n) is 3.23. The first-order chi connectivity index (χ1) is 8.17. The van der Waals surface area contributed by atoms with Gasteiger partial charge in [-0.05, 0) is 33.1 Å². The van der Waals surface area contributed by atoms with E-state index in [1.807, 2.05) is 13.8 Å². The van der Waals surface area contributed by atoms with Crippen LogP contribution in [0.2, 0.25) is 0 Å². The van der Waals surface area contributed by atoms with E-state index in [4.69, 9.17) is 10.00 Å². The summed E-state index contributed by atoms with van der Waals surface area (Å²) in [4.78, 5) is 11.6. The van der Waals surface area contributed by atoms with E-state index < -0.39 is 0 Å². The molecular formula is C13H22N2O2. The normalized spacial score (nSPS) is 25.9. The Balaban J connectivity index is 2.33. The van der Waals surface area contributed by atoms with Crippen molar-refractivity contribution in [3.63, 3.8) is 0 Å². The maximum atomic E-state index is 11.6. The minimum Gasteiger partial charge on any atom is -0.466 e. The van der Waals surface area contributed by atoms with Crippen molar-refractivity contribution in [2.45, 2.75) is 45.6 Å². The van der Waals surface area contributed by atoms with E-state index in [0.717, 1.165) is 25.7 Å². The van der Waals surface area contributed by atoms with Crippen molar-refractivity contribution in [2.75, 3.05) is 13.2 Å². The molecule has 0 saturated heterocycles. The molecular weight excluding hydrogens is 216 g/mol. The Hall–Kier alpha value is -1.08. The largest absolute Gasteiger partial charge is 0.466 e. The highest BCUT2D eigenvalue weighted by atomic mass is 16.5. The van der Waals surface area contributed by atoms with Gasteiger partial charge in [0, 0.05) is 12.6 Å². The Morgan fingerprint density at radius 3 is 3.00 bits per heavy atom. The van der Waals surface area contributed by atoms with Crippen molar-refractivity contribution < 1.29 is 9.53 Å². The zero-order valence-corrected chi connectivity index (χ0v) is 10.7. The molecule has 0 heterocycles. The van der Waals surface area contributed by atoms with Crippen LogP contribution < -0.4 is 5.32 Å². The van der Waals surface area contributed by atoms with Crippen molar-refractivity contribution >= 4 is 5.97 Å². The first-order valence-electron chi connectivity index (χ1n) is 6.47. The summed E-state index contributed by atoms with van der Waals surface area (Å²) in [5.41, 5.74) is 0. The lowest BCUT2D eigenvalue weighted by Gasteiger charge is -2.28. The van der Waals surface area contributed by atoms with Crippen LogP contribution in [0, 0.1) is 23.2 Å². The van der Waals surface area contributed by atoms with Crippen LogP contribution in [0.15, 0.2) is 0 Å². The number of nitrogens with zero attached hydrogens (tertiary/aromatic N) is 1. The molecule has 4 nitrogen and oxygen atoms in total. The number of carbonyl (C=O) groups is 1. The number of ether oxygens (including phenoxy) is 1. The number of rotatable bonds is 5. The molecule has 4 heteroatoms. The van der Waals surface area contributed by atoms with Crippen molar-refractivity contribution in [1.29, 1.82) is 5.26 Å². The SMILES string of the molecule is CCOC(=O)C1CCCC(NCC(C)C#N)C1. The van der Waals surface area contributed by atoms with E-state index in [9.17, 15) is 4.79 Å². The van der Waals surface area contributed by atoms with Gasteiger partial charge in [0.25, 0.3) is 0 Å². The predicted molar refractivity (Wildman–Crippen MR) is 65.2 cm³/mol. The zero-order chi connectivity index (χ0) is 12.7. The maximum absolute atomic E-state index is 11.6. The van der Waals surface area contributed by atoms with Crippen LogP contribution in [0.25, 0.3) is 0 Å². The molecule has 0 spiro atoms. The van der Waals surface area contributed by atoms with Gasteiger partial charge in [-0.3, -0.25) is 4.79 Å². The summed E-state index contributed by atoms with van der Waals surface area (Å²) in [6.45, 7) is 4.90. The van der Waals surface area contributed by atoms with E-state index in [2.05, 4.69) is 11.4 Å². The van der Waals surface area contributed by atoms with E-state index in [1.54, 1.807) is 0 Å². The Morgan fingerprint density at radius 2 is 2.35 bits per heavy atom. The highest BCUT2D eigenvalue weighted by Gasteiger charge is 2.27. The fourth-order valence-corrected chi connectivity index (χ4v) is 2.24. The van der Waals surface area contributed by atoms with Gasteiger partial charge in [-0.1, -0.05) is 6.42 Å². The lowest BCUT2D eigenvalue weighted by atomic mass is 9.85. The molecule has 1 saturated carbocycles. The standard InChI is InChI=1S/C13H22N2O2/c1-3-17-13(16)11-5-4-6-12(7-11)15-9-10(2)8-14/h10-12,15H,3-7,9H2,1-2H3. The second-order valence-corrected chi connectivity index (χ2v) is 4.75. The molecule has 0 aliphatic heterocycles. The number of nitrogens with one attached hydrogen (secondary N) is 1. The molecule has 1 N–H and O–H groups in total. The molecule has 0 aromatic carbocycles. The summed E-state index contributed by atoms with van der Waals surface area (Å²) in [5.74, 6) is 0.00360. The number of carbonyl (C=O) groups excluding carboxylic acids is 1. The van der Waals surface area contributed by atoms with Crippen LogP contribution in [-0.4, -0.2) is 25.2 Å². The molecule has 17 heavy (non-hydrogen) atoms. The first kappa shape index (κ1) is 14.0. The van der Waals surface area contributed by atoms with E-state index in [0.29, 0.717) is 19.2 Å². The molecule has 1 fully saturated rings. The molecule has 0 aromatic heterocycles. The highest BCUT2D eigenvalue weighted by Crippen LogP contribution is 2.25. The number of esters is 1. The molecule has 0 bridgehead atoms. The summed E-state index contributed by atoms with van der Waals surface area (Å²) in [7, 11) is 0. The van der Waals surface area contributed by atoms with Gasteiger partial charge < -0.3 is 10.1 Å². The zero-order valence-electron chi connectivity index (χ0n) is 10.7. The third-order valence-corrected chi connectivity index (χ3v) is 3.23. The van der Waals surface area contributed by atoms with Gasteiger partial charge in [-0.2, -0.15) is 5.26 Å². The van der Waals surface area contributed by atoms with Crippen LogP contribution in [0.5, 0.6) is 0 Å². The maximum Gasteiger partial charge on any atom is 0.308 e. The minimum absolute atomic E-state index is 0.0259.